The van der Waals surface area contributed by atoms with E-state index in [-0.39, 0.29) is 6.03 Å². The maximum atomic E-state index is 12.9. The average molecular weight is 479 g/mol. The highest BCUT2D eigenvalue weighted by Gasteiger charge is 2.31. The summed E-state index contributed by atoms with van der Waals surface area (Å²) in [4.78, 5) is 30.2. The highest BCUT2D eigenvalue weighted by molar-refractivity contribution is 6.30. The molecule has 1 aromatic carbocycles. The Morgan fingerprint density at radius 3 is 2.82 bits per heavy atom. The summed E-state index contributed by atoms with van der Waals surface area (Å²) >= 11 is 6.04. The number of fused-ring (bicyclic) bond motifs is 1. The van der Waals surface area contributed by atoms with Crippen molar-refractivity contribution < 1.29 is 9.53 Å². The Morgan fingerprint density at radius 1 is 1.15 bits per heavy atom. The SMILES string of the molecule is O=C(Nc1cccnc1)N1Cc2nc(N/N=C/c3cccc(Cl)c3)nc(N3CCOCC3)c2C1. The van der Waals surface area contributed by atoms with Crippen molar-refractivity contribution in [2.45, 2.75) is 13.1 Å². The second-order valence-electron chi connectivity index (χ2n) is 7.85. The van der Waals surface area contributed by atoms with Gasteiger partial charge in [0.05, 0.1) is 50.1 Å². The van der Waals surface area contributed by atoms with Gasteiger partial charge in [0.2, 0.25) is 5.95 Å². The van der Waals surface area contributed by atoms with Crippen LogP contribution in [0.4, 0.5) is 22.2 Å². The van der Waals surface area contributed by atoms with Gasteiger partial charge in [-0.25, -0.2) is 15.2 Å². The number of carbonyl (C=O) groups excluding carboxylic acids is 1. The summed E-state index contributed by atoms with van der Waals surface area (Å²) in [5.41, 5.74) is 6.15. The topological polar surface area (TPSA) is 108 Å². The molecule has 4 heterocycles. The molecule has 2 aromatic heterocycles. The van der Waals surface area contributed by atoms with E-state index in [4.69, 9.17) is 21.3 Å². The molecule has 1 saturated heterocycles. The third-order valence-corrected chi connectivity index (χ3v) is 5.73. The van der Waals surface area contributed by atoms with Crippen LogP contribution in [-0.4, -0.2) is 58.4 Å². The zero-order valence-electron chi connectivity index (χ0n) is 18.3. The normalized spacial score (nSPS) is 15.4. The summed E-state index contributed by atoms with van der Waals surface area (Å²) in [5, 5.41) is 7.79. The first kappa shape index (κ1) is 22.1. The molecular formula is C23H23ClN8O2. The van der Waals surface area contributed by atoms with Crippen molar-refractivity contribution in [1.82, 2.24) is 19.9 Å². The lowest BCUT2D eigenvalue weighted by Crippen LogP contribution is -2.37. The quantitative estimate of drug-likeness (QED) is 0.427. The number of carbonyl (C=O) groups is 1. The van der Waals surface area contributed by atoms with E-state index in [1.54, 1.807) is 41.7 Å². The molecule has 3 aromatic rings. The number of hydrazone groups is 1. The first-order chi connectivity index (χ1) is 16.7. The van der Waals surface area contributed by atoms with Crippen LogP contribution in [0.3, 0.4) is 0 Å². The van der Waals surface area contributed by atoms with Gasteiger partial charge in [-0.1, -0.05) is 23.7 Å². The van der Waals surface area contributed by atoms with E-state index in [1.807, 2.05) is 18.2 Å². The van der Waals surface area contributed by atoms with Crippen LogP contribution in [0.25, 0.3) is 0 Å². The fourth-order valence-electron chi connectivity index (χ4n) is 3.86. The lowest BCUT2D eigenvalue weighted by atomic mass is 10.2. The number of ether oxygens (including phenoxy) is 1. The molecule has 10 nitrogen and oxygen atoms in total. The minimum Gasteiger partial charge on any atom is -0.378 e. The van der Waals surface area contributed by atoms with Gasteiger partial charge in [0.15, 0.2) is 0 Å². The van der Waals surface area contributed by atoms with Gasteiger partial charge < -0.3 is 19.9 Å². The first-order valence-electron chi connectivity index (χ1n) is 10.9. The van der Waals surface area contributed by atoms with Gasteiger partial charge in [0.1, 0.15) is 5.82 Å². The molecule has 2 aliphatic heterocycles. The van der Waals surface area contributed by atoms with Gasteiger partial charge in [0, 0.05) is 29.9 Å². The molecule has 2 aliphatic rings. The maximum absolute atomic E-state index is 12.9. The molecule has 0 saturated carbocycles. The summed E-state index contributed by atoms with van der Waals surface area (Å²) in [6, 6.07) is 10.7. The summed E-state index contributed by atoms with van der Waals surface area (Å²) in [5.74, 6) is 1.17. The number of amides is 2. The second kappa shape index (κ2) is 10.0. The monoisotopic (exact) mass is 478 g/mol. The number of aromatic nitrogens is 3. The van der Waals surface area contributed by atoms with E-state index in [9.17, 15) is 4.79 Å². The molecule has 0 bridgehead atoms. The lowest BCUT2D eigenvalue weighted by molar-refractivity contribution is 0.122. The number of pyridine rings is 1. The van der Waals surface area contributed by atoms with Gasteiger partial charge in [-0.05, 0) is 29.8 Å². The zero-order valence-corrected chi connectivity index (χ0v) is 19.1. The largest absolute Gasteiger partial charge is 0.378 e. The Balaban J connectivity index is 1.37. The van der Waals surface area contributed by atoms with Crippen molar-refractivity contribution >= 4 is 41.3 Å². The lowest BCUT2D eigenvalue weighted by Gasteiger charge is -2.29. The molecule has 174 valence electrons. The number of rotatable bonds is 5. The molecule has 1 fully saturated rings. The van der Waals surface area contributed by atoms with E-state index in [0.29, 0.717) is 43.0 Å². The fraction of sp³-hybridized carbons (Fsp3) is 0.261. The maximum Gasteiger partial charge on any atom is 0.322 e. The number of hydrogen-bond acceptors (Lipinski definition) is 8. The van der Waals surface area contributed by atoms with Crippen molar-refractivity contribution in [3.05, 3.63) is 70.6 Å². The van der Waals surface area contributed by atoms with Crippen molar-refractivity contribution in [1.29, 1.82) is 0 Å². The van der Waals surface area contributed by atoms with E-state index >= 15 is 0 Å². The molecule has 0 radical (unpaired) electrons. The van der Waals surface area contributed by atoms with Gasteiger partial charge in [0.25, 0.3) is 0 Å². The van der Waals surface area contributed by atoms with Crippen LogP contribution in [0.15, 0.2) is 53.9 Å². The van der Waals surface area contributed by atoms with E-state index in [2.05, 4.69) is 30.7 Å². The van der Waals surface area contributed by atoms with Crippen molar-refractivity contribution in [3.8, 4) is 0 Å². The predicted molar refractivity (Wildman–Crippen MR) is 130 cm³/mol. The number of benzene rings is 1. The van der Waals surface area contributed by atoms with Crippen LogP contribution in [0.1, 0.15) is 16.8 Å². The number of morpholine rings is 1. The van der Waals surface area contributed by atoms with Gasteiger partial charge in [-0.15, -0.1) is 0 Å². The molecule has 0 aliphatic carbocycles. The number of anilines is 3. The first-order valence-corrected chi connectivity index (χ1v) is 11.3. The molecule has 0 spiro atoms. The van der Waals surface area contributed by atoms with Crippen LogP contribution >= 0.6 is 11.6 Å². The average Bonchev–Trinajstić information content (AvgIpc) is 3.29. The number of hydrogen-bond donors (Lipinski definition) is 2. The standard InChI is InChI=1S/C23H23ClN8O2/c24-17-4-1-3-16(11-17)12-26-30-22-28-20-15-32(23(33)27-18-5-2-6-25-13-18)14-19(20)21(29-22)31-7-9-34-10-8-31/h1-6,11-13H,7-10,14-15H2,(H,27,33)(H,28,29,30)/b26-12+. The van der Waals surface area contributed by atoms with Crippen LogP contribution < -0.4 is 15.6 Å². The van der Waals surface area contributed by atoms with Crippen molar-refractivity contribution in [2.24, 2.45) is 5.10 Å². The zero-order chi connectivity index (χ0) is 23.3. The Hall–Kier alpha value is -3.76. The van der Waals surface area contributed by atoms with Crippen LogP contribution in [0.5, 0.6) is 0 Å². The summed E-state index contributed by atoms with van der Waals surface area (Å²) < 4.78 is 5.50. The van der Waals surface area contributed by atoms with E-state index < -0.39 is 0 Å². The molecule has 11 heteroatoms. The molecule has 5 rings (SSSR count). The summed E-state index contributed by atoms with van der Waals surface area (Å²) in [6.45, 7) is 3.47. The molecule has 0 atom stereocenters. The Kier molecular flexibility index (Phi) is 6.50. The van der Waals surface area contributed by atoms with Gasteiger partial charge in [-0.2, -0.15) is 10.1 Å². The van der Waals surface area contributed by atoms with E-state index in [0.717, 1.165) is 35.7 Å². The molecule has 0 unspecified atom stereocenters. The number of nitrogens with one attached hydrogen (secondary N) is 2. The number of urea groups is 1. The molecule has 2 N–H and O–H groups in total. The highest BCUT2D eigenvalue weighted by atomic mass is 35.5. The Morgan fingerprint density at radius 2 is 2.03 bits per heavy atom. The van der Waals surface area contributed by atoms with Crippen molar-refractivity contribution in [2.75, 3.05) is 41.9 Å². The van der Waals surface area contributed by atoms with E-state index in [1.165, 1.54) is 0 Å². The smallest absolute Gasteiger partial charge is 0.322 e. The minimum absolute atomic E-state index is 0.215. The Labute approximate surface area is 201 Å². The fourth-order valence-corrected chi connectivity index (χ4v) is 4.06. The number of nitrogens with zero attached hydrogens (tertiary/aromatic N) is 6. The highest BCUT2D eigenvalue weighted by Crippen LogP contribution is 2.31. The van der Waals surface area contributed by atoms with Crippen molar-refractivity contribution in [3.63, 3.8) is 0 Å². The Bertz CT molecular complexity index is 1200. The third kappa shape index (κ3) is 5.08. The number of halogens is 1. The molecular weight excluding hydrogens is 456 g/mol. The van der Waals surface area contributed by atoms with Crippen LogP contribution in [0.2, 0.25) is 5.02 Å². The molecule has 34 heavy (non-hydrogen) atoms. The molecule has 2 amide bonds. The predicted octanol–water partition coefficient (Wildman–Crippen LogP) is 3.36. The summed E-state index contributed by atoms with van der Waals surface area (Å²) in [7, 11) is 0. The third-order valence-electron chi connectivity index (χ3n) is 5.50. The van der Waals surface area contributed by atoms with Crippen LogP contribution in [0, 0.1) is 0 Å². The summed E-state index contributed by atoms with van der Waals surface area (Å²) in [6.07, 6.45) is 4.93. The van der Waals surface area contributed by atoms with Gasteiger partial charge in [-0.3, -0.25) is 4.98 Å². The second-order valence-corrected chi connectivity index (χ2v) is 8.28. The van der Waals surface area contributed by atoms with Crippen LogP contribution in [-0.2, 0) is 17.8 Å². The minimum atomic E-state index is -0.215. The van der Waals surface area contributed by atoms with Gasteiger partial charge >= 0.3 is 6.03 Å².